The van der Waals surface area contributed by atoms with Crippen LogP contribution in [0.15, 0.2) is 24.3 Å². The molecule has 0 spiro atoms. The number of hydrogen-bond donors (Lipinski definition) is 1. The summed E-state index contributed by atoms with van der Waals surface area (Å²) in [6, 6.07) is 7.99. The van der Waals surface area contributed by atoms with Crippen molar-refractivity contribution in [2.45, 2.75) is 39.2 Å². The smallest absolute Gasteiger partial charge is 0.261 e. The van der Waals surface area contributed by atoms with E-state index in [-0.39, 0.29) is 6.04 Å². The van der Waals surface area contributed by atoms with Crippen molar-refractivity contribution in [3.8, 4) is 5.75 Å². The Morgan fingerprint density at radius 3 is 2.38 bits per heavy atom. The van der Waals surface area contributed by atoms with Gasteiger partial charge in [-0.1, -0.05) is 26.0 Å². The van der Waals surface area contributed by atoms with E-state index in [0.29, 0.717) is 19.6 Å². The van der Waals surface area contributed by atoms with Crippen LogP contribution >= 0.6 is 0 Å². The van der Waals surface area contributed by atoms with Crippen LogP contribution in [0.4, 0.5) is 8.78 Å². The predicted octanol–water partition coefficient (Wildman–Crippen LogP) is 3.80. The summed E-state index contributed by atoms with van der Waals surface area (Å²) >= 11 is 0. The highest BCUT2D eigenvalue weighted by Gasteiger charge is 2.11. The highest BCUT2D eigenvalue weighted by molar-refractivity contribution is 5.29. The van der Waals surface area contributed by atoms with Gasteiger partial charge in [0.05, 0.1) is 6.61 Å². The molecule has 0 amide bonds. The summed E-state index contributed by atoms with van der Waals surface area (Å²) in [4.78, 5) is 0. The summed E-state index contributed by atoms with van der Waals surface area (Å²) in [6.07, 6.45) is -0.767. The maximum atomic E-state index is 12.0. The minimum Gasteiger partial charge on any atom is -0.494 e. The minimum absolute atomic E-state index is 0.105. The maximum absolute atomic E-state index is 12.0. The number of alkyl halides is 2. The van der Waals surface area contributed by atoms with Crippen molar-refractivity contribution >= 4 is 0 Å². The van der Waals surface area contributed by atoms with Gasteiger partial charge < -0.3 is 14.8 Å². The van der Waals surface area contributed by atoms with Gasteiger partial charge in [-0.25, -0.2) is 8.78 Å². The fourth-order valence-corrected chi connectivity index (χ4v) is 2.02. The van der Waals surface area contributed by atoms with Gasteiger partial charge in [0.25, 0.3) is 6.43 Å². The average Bonchev–Trinajstić information content (AvgIpc) is 2.48. The van der Waals surface area contributed by atoms with Crippen LogP contribution < -0.4 is 10.1 Å². The lowest BCUT2D eigenvalue weighted by molar-refractivity contribution is 0.0144. The van der Waals surface area contributed by atoms with Gasteiger partial charge in [0, 0.05) is 12.6 Å². The number of rotatable bonds is 11. The lowest BCUT2D eigenvalue weighted by Crippen LogP contribution is -2.22. The van der Waals surface area contributed by atoms with Crippen LogP contribution in [0.2, 0.25) is 0 Å². The van der Waals surface area contributed by atoms with Crippen molar-refractivity contribution in [2.24, 2.45) is 0 Å². The van der Waals surface area contributed by atoms with Crippen molar-refractivity contribution < 1.29 is 18.3 Å². The van der Waals surface area contributed by atoms with Crippen LogP contribution in [0, 0.1) is 0 Å². The third-order valence-electron chi connectivity index (χ3n) is 3.00. The summed E-state index contributed by atoms with van der Waals surface area (Å²) < 4.78 is 34.5. The molecule has 0 aliphatic rings. The SMILES string of the molecule is CCCOc1ccc(C(CCOCC(F)F)NCC)cc1. The largest absolute Gasteiger partial charge is 0.494 e. The Labute approximate surface area is 125 Å². The van der Waals surface area contributed by atoms with Gasteiger partial charge in [0.1, 0.15) is 12.4 Å². The number of halogens is 2. The third-order valence-corrected chi connectivity index (χ3v) is 3.00. The molecule has 1 aromatic rings. The Morgan fingerprint density at radius 1 is 1.10 bits per heavy atom. The van der Waals surface area contributed by atoms with E-state index < -0.39 is 13.0 Å². The predicted molar refractivity (Wildman–Crippen MR) is 80.1 cm³/mol. The van der Waals surface area contributed by atoms with Gasteiger partial charge in [-0.2, -0.15) is 0 Å². The Morgan fingerprint density at radius 2 is 1.81 bits per heavy atom. The van der Waals surface area contributed by atoms with Crippen LogP contribution in [-0.2, 0) is 4.74 Å². The summed E-state index contributed by atoms with van der Waals surface area (Å²) in [5.41, 5.74) is 1.11. The second-order valence-electron chi connectivity index (χ2n) is 4.78. The standard InChI is InChI=1S/C16H25F2NO2/c1-3-10-21-14-7-5-13(6-8-14)15(19-4-2)9-11-20-12-16(17)18/h5-8,15-16,19H,3-4,9-12H2,1-2H3. The zero-order chi connectivity index (χ0) is 15.5. The molecule has 0 bridgehead atoms. The zero-order valence-electron chi connectivity index (χ0n) is 12.8. The lowest BCUT2D eigenvalue weighted by atomic mass is 10.0. The molecule has 0 heterocycles. The first-order valence-corrected chi connectivity index (χ1v) is 7.49. The van der Waals surface area contributed by atoms with Crippen molar-refractivity contribution in [2.75, 3.05) is 26.4 Å². The molecule has 120 valence electrons. The van der Waals surface area contributed by atoms with Crippen LogP contribution in [0.5, 0.6) is 5.75 Å². The quantitative estimate of drug-likeness (QED) is 0.631. The highest BCUT2D eigenvalue weighted by Crippen LogP contribution is 2.20. The molecule has 0 aromatic heterocycles. The van der Waals surface area contributed by atoms with Gasteiger partial charge in [-0.3, -0.25) is 0 Å². The van der Waals surface area contributed by atoms with E-state index >= 15 is 0 Å². The first-order valence-electron chi connectivity index (χ1n) is 7.49. The fourth-order valence-electron chi connectivity index (χ4n) is 2.02. The number of nitrogens with one attached hydrogen (secondary N) is 1. The van der Waals surface area contributed by atoms with Crippen molar-refractivity contribution in [3.05, 3.63) is 29.8 Å². The van der Waals surface area contributed by atoms with Crippen LogP contribution in [-0.4, -0.2) is 32.8 Å². The molecule has 1 N–H and O–H groups in total. The van der Waals surface area contributed by atoms with E-state index in [2.05, 4.69) is 12.2 Å². The molecule has 0 saturated carbocycles. The molecule has 0 aliphatic carbocycles. The van der Waals surface area contributed by atoms with E-state index in [9.17, 15) is 8.78 Å². The average molecular weight is 301 g/mol. The summed E-state index contributed by atoms with van der Waals surface area (Å²) in [6.45, 7) is 5.42. The molecule has 1 rings (SSSR count). The Balaban J connectivity index is 2.50. The number of hydrogen-bond acceptors (Lipinski definition) is 3. The molecule has 5 heteroatoms. The summed E-state index contributed by atoms with van der Waals surface area (Å²) in [5, 5.41) is 3.34. The van der Waals surface area contributed by atoms with Gasteiger partial charge in [0.2, 0.25) is 0 Å². The first-order chi connectivity index (χ1) is 10.2. The zero-order valence-corrected chi connectivity index (χ0v) is 12.8. The van der Waals surface area contributed by atoms with Crippen LogP contribution in [0.1, 0.15) is 38.3 Å². The highest BCUT2D eigenvalue weighted by atomic mass is 19.3. The van der Waals surface area contributed by atoms with Crippen LogP contribution in [0.25, 0.3) is 0 Å². The molecular formula is C16H25F2NO2. The van der Waals surface area contributed by atoms with Crippen molar-refractivity contribution in [1.29, 1.82) is 0 Å². The second kappa shape index (κ2) is 10.5. The topological polar surface area (TPSA) is 30.5 Å². The molecular weight excluding hydrogens is 276 g/mol. The van der Waals surface area contributed by atoms with Gasteiger partial charge in [-0.15, -0.1) is 0 Å². The molecule has 1 aromatic carbocycles. The second-order valence-corrected chi connectivity index (χ2v) is 4.78. The monoisotopic (exact) mass is 301 g/mol. The summed E-state index contributed by atoms with van der Waals surface area (Å²) in [5.74, 6) is 0.852. The molecule has 1 unspecified atom stereocenters. The molecule has 3 nitrogen and oxygen atoms in total. The van der Waals surface area contributed by atoms with E-state index in [4.69, 9.17) is 9.47 Å². The van der Waals surface area contributed by atoms with Gasteiger partial charge in [0.15, 0.2) is 0 Å². The Bertz CT molecular complexity index is 371. The lowest BCUT2D eigenvalue weighted by Gasteiger charge is -2.19. The molecule has 0 fully saturated rings. The van der Waals surface area contributed by atoms with Gasteiger partial charge in [-0.05, 0) is 37.1 Å². The maximum Gasteiger partial charge on any atom is 0.261 e. The fraction of sp³-hybridized carbons (Fsp3) is 0.625. The number of benzene rings is 1. The summed E-state index contributed by atoms with van der Waals surface area (Å²) in [7, 11) is 0. The normalized spacial score (nSPS) is 12.6. The molecule has 0 radical (unpaired) electrons. The van der Waals surface area contributed by atoms with Gasteiger partial charge >= 0.3 is 0 Å². The minimum atomic E-state index is -2.41. The molecule has 1 atom stereocenters. The molecule has 21 heavy (non-hydrogen) atoms. The third kappa shape index (κ3) is 7.39. The molecule has 0 saturated heterocycles. The van der Waals surface area contributed by atoms with E-state index in [1.807, 2.05) is 31.2 Å². The van der Waals surface area contributed by atoms with Crippen LogP contribution in [0.3, 0.4) is 0 Å². The van der Waals surface area contributed by atoms with Crippen molar-refractivity contribution in [1.82, 2.24) is 5.32 Å². The van der Waals surface area contributed by atoms with E-state index in [1.54, 1.807) is 0 Å². The number of ether oxygens (including phenoxy) is 2. The van der Waals surface area contributed by atoms with E-state index in [0.717, 1.165) is 24.3 Å². The Kier molecular flexibility index (Phi) is 8.94. The van der Waals surface area contributed by atoms with Crippen molar-refractivity contribution in [3.63, 3.8) is 0 Å². The Hall–Kier alpha value is -1.20. The molecule has 0 aliphatic heterocycles. The first kappa shape index (κ1) is 17.9. The van der Waals surface area contributed by atoms with E-state index in [1.165, 1.54) is 0 Å².